The van der Waals surface area contributed by atoms with Crippen LogP contribution in [0.4, 0.5) is 9.18 Å². The average molecular weight is 337 g/mol. The summed E-state index contributed by atoms with van der Waals surface area (Å²) < 4.78 is 14.0. The second-order valence-corrected chi connectivity index (χ2v) is 6.89. The van der Waals surface area contributed by atoms with E-state index in [1.54, 1.807) is 6.07 Å². The van der Waals surface area contributed by atoms with E-state index in [2.05, 4.69) is 10.6 Å². The lowest BCUT2D eigenvalue weighted by Crippen LogP contribution is -2.43. The Hall–Kier alpha value is -1.66. The van der Waals surface area contributed by atoms with Crippen LogP contribution in [0.15, 0.2) is 18.2 Å². The van der Waals surface area contributed by atoms with Crippen LogP contribution < -0.4 is 10.6 Å². The minimum atomic E-state index is -0.245. The SMILES string of the molecule is CN(C)Cc1ccc(CNC(=O)NC2CCC(CO)CC2)cc1F. The lowest BCUT2D eigenvalue weighted by atomic mass is 9.87. The van der Waals surface area contributed by atoms with E-state index >= 15 is 0 Å². The highest BCUT2D eigenvalue weighted by Crippen LogP contribution is 2.23. The van der Waals surface area contributed by atoms with Crippen LogP contribution in [0.1, 0.15) is 36.8 Å². The zero-order chi connectivity index (χ0) is 17.5. The van der Waals surface area contributed by atoms with Gasteiger partial charge >= 0.3 is 6.03 Å². The fraction of sp³-hybridized carbons (Fsp3) is 0.611. The molecule has 0 unspecified atom stereocenters. The van der Waals surface area contributed by atoms with Crippen LogP contribution in [-0.4, -0.2) is 42.8 Å². The quantitative estimate of drug-likeness (QED) is 0.746. The minimum absolute atomic E-state index is 0.159. The average Bonchev–Trinajstić information content (AvgIpc) is 2.55. The van der Waals surface area contributed by atoms with Gasteiger partial charge in [-0.25, -0.2) is 9.18 Å². The van der Waals surface area contributed by atoms with Gasteiger partial charge < -0.3 is 20.6 Å². The molecule has 1 aromatic carbocycles. The number of nitrogens with zero attached hydrogens (tertiary/aromatic N) is 1. The normalized spacial score (nSPS) is 20.9. The first-order chi connectivity index (χ1) is 11.5. The molecule has 1 saturated carbocycles. The van der Waals surface area contributed by atoms with Crippen molar-refractivity contribution < 1.29 is 14.3 Å². The maximum atomic E-state index is 14.0. The third-order valence-corrected chi connectivity index (χ3v) is 4.50. The third kappa shape index (κ3) is 5.76. The molecule has 1 fully saturated rings. The Bertz CT molecular complexity index is 543. The van der Waals surface area contributed by atoms with Gasteiger partial charge in [-0.2, -0.15) is 0 Å². The van der Waals surface area contributed by atoms with Crippen molar-refractivity contribution in [1.29, 1.82) is 0 Å². The maximum absolute atomic E-state index is 14.0. The Kier molecular flexibility index (Phi) is 6.99. The summed E-state index contributed by atoms with van der Waals surface area (Å²) in [6, 6.07) is 5.02. The van der Waals surface area contributed by atoms with Gasteiger partial charge in [0, 0.05) is 31.3 Å². The van der Waals surface area contributed by atoms with E-state index in [0.717, 1.165) is 31.2 Å². The second-order valence-electron chi connectivity index (χ2n) is 6.89. The first-order valence-corrected chi connectivity index (χ1v) is 8.55. The van der Waals surface area contributed by atoms with E-state index in [-0.39, 0.29) is 24.5 Å². The molecule has 0 radical (unpaired) electrons. The number of hydrogen-bond donors (Lipinski definition) is 3. The Morgan fingerprint density at radius 2 is 2.00 bits per heavy atom. The number of aliphatic hydroxyl groups excluding tert-OH is 1. The van der Waals surface area contributed by atoms with Crippen molar-refractivity contribution >= 4 is 6.03 Å². The number of nitrogens with one attached hydrogen (secondary N) is 2. The number of aliphatic hydroxyl groups is 1. The van der Waals surface area contributed by atoms with Crippen molar-refractivity contribution in [2.75, 3.05) is 20.7 Å². The zero-order valence-corrected chi connectivity index (χ0v) is 14.5. The molecule has 0 aliphatic heterocycles. The van der Waals surface area contributed by atoms with Crippen LogP contribution in [-0.2, 0) is 13.1 Å². The number of carbonyl (C=O) groups is 1. The van der Waals surface area contributed by atoms with Crippen molar-refractivity contribution in [3.8, 4) is 0 Å². The van der Waals surface area contributed by atoms with Gasteiger partial charge in [-0.05, 0) is 57.3 Å². The summed E-state index contributed by atoms with van der Waals surface area (Å²) in [5, 5.41) is 14.9. The van der Waals surface area contributed by atoms with Crippen molar-refractivity contribution in [3.05, 3.63) is 35.1 Å². The predicted molar refractivity (Wildman–Crippen MR) is 92.0 cm³/mol. The molecule has 2 amide bonds. The first kappa shape index (κ1) is 18.7. The van der Waals surface area contributed by atoms with E-state index < -0.39 is 0 Å². The standard InChI is InChI=1S/C18H28FN3O2/c1-22(2)11-15-6-3-14(9-17(15)19)10-20-18(24)21-16-7-4-13(12-23)5-8-16/h3,6,9,13,16,23H,4-5,7-8,10-12H2,1-2H3,(H2,20,21,24). The number of carbonyl (C=O) groups excluding carboxylic acids is 1. The van der Waals surface area contributed by atoms with Crippen molar-refractivity contribution in [2.24, 2.45) is 5.92 Å². The second kappa shape index (κ2) is 8.99. The number of halogens is 1. The Balaban J connectivity index is 1.76. The van der Waals surface area contributed by atoms with E-state index in [0.29, 0.717) is 24.6 Å². The summed E-state index contributed by atoms with van der Waals surface area (Å²) in [6.07, 6.45) is 3.68. The van der Waals surface area contributed by atoms with E-state index in [1.807, 2.05) is 25.1 Å². The van der Waals surface area contributed by atoms with Crippen LogP contribution in [0.3, 0.4) is 0 Å². The maximum Gasteiger partial charge on any atom is 0.315 e. The molecule has 6 heteroatoms. The molecule has 24 heavy (non-hydrogen) atoms. The topological polar surface area (TPSA) is 64.6 Å². The van der Waals surface area contributed by atoms with Gasteiger partial charge in [0.25, 0.3) is 0 Å². The lowest BCUT2D eigenvalue weighted by molar-refractivity contribution is 0.174. The molecule has 0 saturated heterocycles. The molecule has 134 valence electrons. The van der Waals surface area contributed by atoms with E-state index in [9.17, 15) is 9.18 Å². The Labute approximate surface area is 143 Å². The monoisotopic (exact) mass is 337 g/mol. The smallest absolute Gasteiger partial charge is 0.315 e. The molecule has 5 nitrogen and oxygen atoms in total. The van der Waals surface area contributed by atoms with E-state index in [1.165, 1.54) is 6.07 Å². The Morgan fingerprint density at radius 3 is 2.58 bits per heavy atom. The largest absolute Gasteiger partial charge is 0.396 e. The predicted octanol–water partition coefficient (Wildman–Crippen LogP) is 2.24. The van der Waals surface area contributed by atoms with Gasteiger partial charge in [-0.3, -0.25) is 0 Å². The van der Waals surface area contributed by atoms with Gasteiger partial charge in [0.2, 0.25) is 0 Å². The summed E-state index contributed by atoms with van der Waals surface area (Å²) in [5.41, 5.74) is 1.39. The highest BCUT2D eigenvalue weighted by Gasteiger charge is 2.21. The van der Waals surface area contributed by atoms with Gasteiger partial charge in [0.1, 0.15) is 5.82 Å². The molecule has 1 aliphatic carbocycles. The molecular weight excluding hydrogens is 309 g/mol. The van der Waals surface area contributed by atoms with Crippen molar-refractivity contribution in [3.63, 3.8) is 0 Å². The summed E-state index contributed by atoms with van der Waals surface area (Å²) in [5.74, 6) is 0.125. The lowest BCUT2D eigenvalue weighted by Gasteiger charge is -2.27. The molecular formula is C18H28FN3O2. The zero-order valence-electron chi connectivity index (χ0n) is 14.5. The number of urea groups is 1. The van der Waals surface area contributed by atoms with Gasteiger partial charge in [0.15, 0.2) is 0 Å². The number of amides is 2. The summed E-state index contributed by atoms with van der Waals surface area (Å²) in [4.78, 5) is 13.9. The fourth-order valence-corrected chi connectivity index (χ4v) is 3.08. The summed E-state index contributed by atoms with van der Waals surface area (Å²) >= 11 is 0. The molecule has 1 aromatic rings. The van der Waals surface area contributed by atoms with Crippen LogP contribution in [0.2, 0.25) is 0 Å². The molecule has 0 atom stereocenters. The van der Waals surface area contributed by atoms with Crippen LogP contribution in [0, 0.1) is 11.7 Å². The number of benzene rings is 1. The van der Waals surface area contributed by atoms with E-state index in [4.69, 9.17) is 5.11 Å². The Morgan fingerprint density at radius 1 is 1.29 bits per heavy atom. The fourth-order valence-electron chi connectivity index (χ4n) is 3.08. The van der Waals surface area contributed by atoms with Crippen LogP contribution in [0.5, 0.6) is 0 Å². The summed E-state index contributed by atoms with van der Waals surface area (Å²) in [6.45, 7) is 1.09. The van der Waals surface area contributed by atoms with Gasteiger partial charge in [0.05, 0.1) is 0 Å². The third-order valence-electron chi connectivity index (χ3n) is 4.50. The molecule has 2 rings (SSSR count). The van der Waals surface area contributed by atoms with Crippen LogP contribution in [0.25, 0.3) is 0 Å². The molecule has 1 aliphatic rings. The number of rotatable bonds is 6. The minimum Gasteiger partial charge on any atom is -0.396 e. The highest BCUT2D eigenvalue weighted by molar-refractivity contribution is 5.74. The number of hydrogen-bond acceptors (Lipinski definition) is 3. The highest BCUT2D eigenvalue weighted by atomic mass is 19.1. The first-order valence-electron chi connectivity index (χ1n) is 8.55. The van der Waals surface area contributed by atoms with Crippen LogP contribution >= 0.6 is 0 Å². The van der Waals surface area contributed by atoms with Crippen molar-refractivity contribution in [2.45, 2.75) is 44.8 Å². The van der Waals surface area contributed by atoms with Gasteiger partial charge in [-0.1, -0.05) is 12.1 Å². The van der Waals surface area contributed by atoms with Gasteiger partial charge in [-0.15, -0.1) is 0 Å². The molecule has 0 spiro atoms. The van der Waals surface area contributed by atoms with Crippen molar-refractivity contribution in [1.82, 2.24) is 15.5 Å². The molecule has 0 heterocycles. The molecule has 0 aromatic heterocycles. The molecule has 0 bridgehead atoms. The molecule has 3 N–H and O–H groups in total. The summed E-state index contributed by atoms with van der Waals surface area (Å²) in [7, 11) is 3.79.